The van der Waals surface area contributed by atoms with Crippen molar-refractivity contribution in [2.75, 3.05) is 0 Å². The van der Waals surface area contributed by atoms with Gasteiger partial charge in [0.25, 0.3) is 0 Å². The van der Waals surface area contributed by atoms with Gasteiger partial charge in [0.2, 0.25) is 0 Å². The zero-order valence-electron chi connectivity index (χ0n) is 33.6. The van der Waals surface area contributed by atoms with Crippen molar-refractivity contribution in [2.45, 2.75) is 244 Å². The van der Waals surface area contributed by atoms with Crippen LogP contribution in [0, 0.1) is 11.8 Å². The van der Waals surface area contributed by atoms with Crippen molar-refractivity contribution < 1.29 is 35.6 Å². The summed E-state index contributed by atoms with van der Waals surface area (Å²) in [4.78, 5) is 25.9. The van der Waals surface area contributed by atoms with Crippen molar-refractivity contribution in [3.63, 3.8) is 0 Å². The Morgan fingerprint density at radius 1 is 0.375 bits per heavy atom. The van der Waals surface area contributed by atoms with Crippen LogP contribution in [0.5, 0.6) is 0 Å². The van der Waals surface area contributed by atoms with Crippen LogP contribution in [-0.4, -0.2) is 11.9 Å². The van der Waals surface area contributed by atoms with Crippen molar-refractivity contribution in [2.24, 2.45) is 11.8 Å². The summed E-state index contributed by atoms with van der Waals surface area (Å²) in [5, 5.41) is 0. The molecule has 0 aromatic rings. The topological polar surface area (TPSA) is 69.7 Å². The van der Waals surface area contributed by atoms with Crippen molar-refractivity contribution in [1.82, 2.24) is 0 Å². The van der Waals surface area contributed by atoms with E-state index in [9.17, 15) is 12.9 Å². The molecule has 0 fully saturated rings. The Morgan fingerprint density at radius 3 is 0.792 bits per heavy atom. The average molecular weight is 717 g/mol. The first-order valence-corrected chi connectivity index (χ1v) is 24.9. The molecule has 0 aliphatic heterocycles. The molecule has 5 nitrogen and oxygen atoms in total. The molecular weight excluding hydrogens is 632 g/mol. The normalized spacial score (nSPS) is 12.5. The molecule has 0 saturated heterocycles. The summed E-state index contributed by atoms with van der Waals surface area (Å²) in [6.45, 7) is 16.3. The van der Waals surface area contributed by atoms with Gasteiger partial charge in [-0.15, -0.1) is 0 Å². The summed E-state index contributed by atoms with van der Waals surface area (Å²) in [6.07, 6.45) is 32.7. The van der Waals surface area contributed by atoms with Gasteiger partial charge in [-0.1, -0.05) is 79.1 Å². The van der Waals surface area contributed by atoms with E-state index in [4.69, 9.17) is 6.64 Å². The molecule has 0 aromatic heterocycles. The number of hydrogen-bond acceptors (Lipinski definition) is 5. The van der Waals surface area contributed by atoms with Gasteiger partial charge in [-0.25, -0.2) is 0 Å². The fourth-order valence-electron chi connectivity index (χ4n) is 6.89. The standard InChI is InChI=1S/2C18H36O2.2C3H7.O.Ti/c2*1-17(2)15-13-11-9-7-5-3-4-6-8-10-12-14-16-18(19)20;2*1-3-2;;/h2*17H,3-16H2,1-2H3,(H,19,20);2*3H,1-2H3;;/q;;;;;+2/p-2. The molecule has 0 N–H and O–H groups in total. The maximum absolute atomic E-state index is 14.5. The van der Waals surface area contributed by atoms with Crippen LogP contribution in [0.3, 0.4) is 0 Å². The Balaban J connectivity index is 4.18. The zero-order valence-corrected chi connectivity index (χ0v) is 35.2. The molecule has 0 radical (unpaired) electrons. The Bertz CT molecular complexity index is 779. The van der Waals surface area contributed by atoms with E-state index in [2.05, 4.69) is 27.7 Å². The van der Waals surface area contributed by atoms with Gasteiger partial charge in [0.15, 0.2) is 0 Å². The summed E-state index contributed by atoms with van der Waals surface area (Å²) in [7, 11) is 0. The SMILES string of the molecule is CC(C)CCCCCCCCCCCCCCC(=O)[O][Ti](=[O])([O]C(=O)CCCCCCCCCCCCCCC(C)C)([CH](C)C)[CH](C)C. The Morgan fingerprint density at radius 2 is 0.583 bits per heavy atom. The summed E-state index contributed by atoms with van der Waals surface area (Å²) >= 11 is -5.61. The number of carbonyl (C=O) groups is 2. The number of rotatable bonds is 34. The van der Waals surface area contributed by atoms with Crippen LogP contribution in [-0.2, 0) is 35.6 Å². The first-order valence-electron chi connectivity index (χ1n) is 21.1. The van der Waals surface area contributed by atoms with Crippen molar-refractivity contribution in [3.05, 3.63) is 0 Å². The van der Waals surface area contributed by atoms with Crippen LogP contribution in [0.4, 0.5) is 0 Å². The van der Waals surface area contributed by atoms with Gasteiger partial charge < -0.3 is 0 Å². The van der Waals surface area contributed by atoms with Gasteiger partial charge in [-0.2, -0.15) is 0 Å². The fourth-order valence-corrected chi connectivity index (χ4v) is 12.2. The molecule has 0 saturated carbocycles. The van der Waals surface area contributed by atoms with E-state index >= 15 is 0 Å². The van der Waals surface area contributed by atoms with E-state index in [0.717, 1.165) is 50.4 Å². The van der Waals surface area contributed by atoms with Crippen LogP contribution in [0.2, 0.25) is 8.45 Å². The molecule has 48 heavy (non-hydrogen) atoms. The van der Waals surface area contributed by atoms with Crippen molar-refractivity contribution >= 4 is 11.9 Å². The molecule has 0 spiro atoms. The van der Waals surface area contributed by atoms with Crippen molar-refractivity contribution in [1.29, 1.82) is 0 Å². The molecule has 0 aromatic carbocycles. The zero-order chi connectivity index (χ0) is 36.1. The molecule has 0 amide bonds. The molecule has 0 aliphatic carbocycles. The molecule has 0 bridgehead atoms. The van der Waals surface area contributed by atoms with E-state index in [-0.39, 0.29) is 12.8 Å². The molecule has 0 unspecified atom stereocenters. The van der Waals surface area contributed by atoms with E-state index < -0.39 is 36.4 Å². The third-order valence-corrected chi connectivity index (χ3v) is 19.0. The Labute approximate surface area is 301 Å². The number of carbonyl (C=O) groups excluding carboxylic acids is 2. The minimum absolute atomic E-state index is 0.230. The van der Waals surface area contributed by atoms with Gasteiger partial charge in [-0.05, 0) is 11.8 Å². The van der Waals surface area contributed by atoms with Gasteiger partial charge in [0.05, 0.1) is 0 Å². The minimum atomic E-state index is -5.61. The third kappa shape index (κ3) is 23.8. The molecule has 6 heteroatoms. The van der Waals surface area contributed by atoms with Gasteiger partial charge in [0.1, 0.15) is 0 Å². The second-order valence-corrected chi connectivity index (χ2v) is 24.5. The Hall–Kier alpha value is -0.546. The van der Waals surface area contributed by atoms with E-state index in [1.54, 1.807) is 27.7 Å². The molecule has 0 aliphatic rings. The Kier molecular flexibility index (Phi) is 28.7. The van der Waals surface area contributed by atoms with Crippen LogP contribution >= 0.6 is 0 Å². The van der Waals surface area contributed by atoms with Gasteiger partial charge >= 0.3 is 212 Å². The number of unbranched alkanes of at least 4 members (excludes halogenated alkanes) is 22. The summed E-state index contributed by atoms with van der Waals surface area (Å²) < 4.78 is 25.1. The van der Waals surface area contributed by atoms with Crippen LogP contribution in [0.1, 0.15) is 235 Å². The van der Waals surface area contributed by atoms with Crippen LogP contribution < -0.4 is 0 Å². The maximum atomic E-state index is 14.5. The van der Waals surface area contributed by atoms with Crippen molar-refractivity contribution in [3.8, 4) is 0 Å². The summed E-state index contributed by atoms with van der Waals surface area (Å²) in [5.74, 6) is 0.712. The van der Waals surface area contributed by atoms with Crippen LogP contribution in [0.15, 0.2) is 0 Å². The van der Waals surface area contributed by atoms with Gasteiger partial charge in [-0.3, -0.25) is 0 Å². The quantitative estimate of drug-likeness (QED) is 0.0490. The summed E-state index contributed by atoms with van der Waals surface area (Å²) in [6, 6.07) is 0. The molecule has 0 atom stereocenters. The molecule has 0 heterocycles. The number of hydrogen-bond donors (Lipinski definition) is 0. The van der Waals surface area contributed by atoms with E-state index in [1.807, 2.05) is 0 Å². The van der Waals surface area contributed by atoms with E-state index in [1.165, 1.54) is 128 Å². The summed E-state index contributed by atoms with van der Waals surface area (Å²) in [5.41, 5.74) is 0. The molecule has 0 rings (SSSR count). The molecule has 286 valence electrons. The predicted octanol–water partition coefficient (Wildman–Crippen LogP) is 14.8. The predicted molar refractivity (Wildman–Crippen MR) is 202 cm³/mol. The second-order valence-electron chi connectivity index (χ2n) is 16.7. The van der Waals surface area contributed by atoms with E-state index in [0.29, 0.717) is 0 Å². The molecular formula is C42H84O5Ti. The average Bonchev–Trinajstić information content (AvgIpc) is 3.00. The first kappa shape index (κ1) is 47.5. The van der Waals surface area contributed by atoms with Gasteiger partial charge in [0, 0.05) is 0 Å². The van der Waals surface area contributed by atoms with Crippen LogP contribution in [0.25, 0.3) is 0 Å². The third-order valence-electron chi connectivity index (χ3n) is 10.5. The monoisotopic (exact) mass is 717 g/mol. The fraction of sp³-hybridized carbons (Fsp3) is 0.952. The second kappa shape index (κ2) is 29.1. The first-order chi connectivity index (χ1) is 22.8.